The molecule has 0 fully saturated rings. The molecule has 0 bridgehead atoms. The Balaban J connectivity index is 2.72. The largest absolute Gasteiger partial charge is 0.446 e. The molecule has 16 heavy (non-hydrogen) atoms. The molecule has 0 N–H and O–H groups in total. The van der Waals surface area contributed by atoms with Gasteiger partial charge in [0.15, 0.2) is 0 Å². The molecule has 1 aromatic carbocycles. The lowest BCUT2D eigenvalue weighted by Gasteiger charge is -2.04. The number of nitro groups is 1. The predicted octanol–water partition coefficient (Wildman–Crippen LogP) is 3.55. The summed E-state index contributed by atoms with van der Waals surface area (Å²) < 4.78 is 35.9. The minimum absolute atomic E-state index is 0.0470. The SMILES string of the molecule is O=[N+]([O-])/C=C/c1ccc(SC(F)(F)F)cc1. The average molecular weight is 249 g/mol. The smallest absolute Gasteiger partial charge is 0.259 e. The van der Waals surface area contributed by atoms with Crippen LogP contribution in [0.3, 0.4) is 0 Å². The molecular formula is C9H6F3NO2S. The van der Waals surface area contributed by atoms with Gasteiger partial charge in [-0.1, -0.05) is 12.1 Å². The van der Waals surface area contributed by atoms with Gasteiger partial charge in [-0.3, -0.25) is 10.1 Å². The molecule has 0 heterocycles. The fraction of sp³-hybridized carbons (Fsp3) is 0.111. The summed E-state index contributed by atoms with van der Waals surface area (Å²) in [6, 6.07) is 5.29. The molecule has 7 heteroatoms. The van der Waals surface area contributed by atoms with E-state index in [4.69, 9.17) is 0 Å². The van der Waals surface area contributed by atoms with Gasteiger partial charge >= 0.3 is 5.51 Å². The number of hydrogen-bond acceptors (Lipinski definition) is 3. The molecule has 86 valence electrons. The highest BCUT2D eigenvalue weighted by molar-refractivity contribution is 8.00. The van der Waals surface area contributed by atoms with Crippen molar-refractivity contribution in [2.24, 2.45) is 0 Å². The summed E-state index contributed by atoms with van der Waals surface area (Å²) in [6.07, 6.45) is 1.94. The molecule has 0 atom stereocenters. The first-order valence-electron chi connectivity index (χ1n) is 4.04. The van der Waals surface area contributed by atoms with E-state index in [1.165, 1.54) is 30.3 Å². The predicted molar refractivity (Wildman–Crippen MR) is 54.4 cm³/mol. The van der Waals surface area contributed by atoms with Gasteiger partial charge < -0.3 is 0 Å². The Labute approximate surface area is 93.1 Å². The van der Waals surface area contributed by atoms with E-state index in [0.717, 1.165) is 6.20 Å². The average Bonchev–Trinajstić information content (AvgIpc) is 2.14. The van der Waals surface area contributed by atoms with Crippen molar-refractivity contribution in [3.05, 3.63) is 46.1 Å². The molecule has 0 radical (unpaired) electrons. The summed E-state index contributed by atoms with van der Waals surface area (Å²) in [4.78, 5) is 9.40. The lowest BCUT2D eigenvalue weighted by molar-refractivity contribution is -0.400. The molecule has 0 spiro atoms. The van der Waals surface area contributed by atoms with Crippen molar-refractivity contribution in [1.29, 1.82) is 0 Å². The maximum absolute atomic E-state index is 12.0. The summed E-state index contributed by atoms with van der Waals surface area (Å²) in [7, 11) is 0. The number of rotatable bonds is 3. The van der Waals surface area contributed by atoms with Gasteiger partial charge in [0.25, 0.3) is 0 Å². The van der Waals surface area contributed by atoms with E-state index in [2.05, 4.69) is 0 Å². The fourth-order valence-corrected chi connectivity index (χ4v) is 1.47. The fourth-order valence-electron chi connectivity index (χ4n) is 0.928. The van der Waals surface area contributed by atoms with Crippen LogP contribution >= 0.6 is 11.8 Å². The van der Waals surface area contributed by atoms with Crippen molar-refractivity contribution in [2.45, 2.75) is 10.4 Å². The number of thioether (sulfide) groups is 1. The zero-order valence-corrected chi connectivity index (χ0v) is 8.59. The normalized spacial score (nSPS) is 11.9. The van der Waals surface area contributed by atoms with E-state index in [0.29, 0.717) is 5.56 Å². The Morgan fingerprint density at radius 3 is 2.25 bits per heavy atom. The van der Waals surface area contributed by atoms with Crippen LogP contribution in [0.5, 0.6) is 0 Å². The highest BCUT2D eigenvalue weighted by atomic mass is 32.2. The van der Waals surface area contributed by atoms with Gasteiger partial charge in [-0.25, -0.2) is 0 Å². The number of hydrogen-bond donors (Lipinski definition) is 0. The number of nitrogens with zero attached hydrogens (tertiary/aromatic N) is 1. The minimum atomic E-state index is -4.32. The quantitative estimate of drug-likeness (QED) is 0.467. The molecule has 1 rings (SSSR count). The lowest BCUT2D eigenvalue weighted by atomic mass is 10.2. The van der Waals surface area contributed by atoms with Crippen molar-refractivity contribution in [3.63, 3.8) is 0 Å². The number of benzene rings is 1. The standard InChI is InChI=1S/C9H6F3NO2S/c10-9(11,12)16-8-3-1-7(2-4-8)5-6-13(14)15/h1-6H/b6-5+. The highest BCUT2D eigenvalue weighted by Crippen LogP contribution is 2.36. The van der Waals surface area contributed by atoms with E-state index in [9.17, 15) is 23.3 Å². The third kappa shape index (κ3) is 4.83. The second-order valence-corrected chi connectivity index (χ2v) is 3.86. The van der Waals surface area contributed by atoms with Gasteiger partial charge in [0.2, 0.25) is 6.20 Å². The van der Waals surface area contributed by atoms with Gasteiger partial charge in [-0.2, -0.15) is 13.2 Å². The lowest BCUT2D eigenvalue weighted by Crippen LogP contribution is -1.98. The van der Waals surface area contributed by atoms with E-state index < -0.39 is 10.4 Å². The van der Waals surface area contributed by atoms with Crippen molar-refractivity contribution >= 4 is 17.8 Å². The second-order valence-electron chi connectivity index (χ2n) is 2.72. The third-order valence-corrected chi connectivity index (χ3v) is 2.24. The summed E-state index contributed by atoms with van der Waals surface area (Å²) in [5.74, 6) is 0. The zero-order chi connectivity index (χ0) is 12.2. The van der Waals surface area contributed by atoms with Crippen LogP contribution in [0.15, 0.2) is 35.4 Å². The van der Waals surface area contributed by atoms with E-state index in [1.54, 1.807) is 0 Å². The van der Waals surface area contributed by atoms with Crippen molar-refractivity contribution in [3.8, 4) is 0 Å². The van der Waals surface area contributed by atoms with E-state index in [1.807, 2.05) is 0 Å². The first kappa shape index (κ1) is 12.6. The summed E-state index contributed by atoms with van der Waals surface area (Å²) in [5.41, 5.74) is -3.85. The van der Waals surface area contributed by atoms with Crippen molar-refractivity contribution < 1.29 is 18.1 Å². The Morgan fingerprint density at radius 1 is 1.25 bits per heavy atom. The molecule has 3 nitrogen and oxygen atoms in total. The molecule has 0 aliphatic heterocycles. The van der Waals surface area contributed by atoms with Crippen LogP contribution in [0, 0.1) is 10.1 Å². The van der Waals surface area contributed by atoms with Crippen LogP contribution in [-0.2, 0) is 0 Å². The number of halogens is 3. The first-order chi connectivity index (χ1) is 7.37. The molecular weight excluding hydrogens is 243 g/mol. The Bertz CT molecular complexity index is 400. The topological polar surface area (TPSA) is 43.1 Å². The van der Waals surface area contributed by atoms with Gasteiger partial charge in [0, 0.05) is 11.0 Å². The Morgan fingerprint density at radius 2 is 1.81 bits per heavy atom. The maximum Gasteiger partial charge on any atom is 0.446 e. The molecule has 0 unspecified atom stereocenters. The first-order valence-corrected chi connectivity index (χ1v) is 4.86. The molecule has 0 amide bonds. The van der Waals surface area contributed by atoms with Crippen LogP contribution in [0.4, 0.5) is 13.2 Å². The van der Waals surface area contributed by atoms with Gasteiger partial charge in [-0.05, 0) is 29.5 Å². The maximum atomic E-state index is 12.0. The summed E-state index contributed by atoms with van der Waals surface area (Å²) in [6.45, 7) is 0. The van der Waals surface area contributed by atoms with Crippen LogP contribution < -0.4 is 0 Å². The van der Waals surface area contributed by atoms with Crippen molar-refractivity contribution in [2.75, 3.05) is 0 Å². The monoisotopic (exact) mass is 249 g/mol. The summed E-state index contributed by atoms with van der Waals surface area (Å²) in [5, 5.41) is 9.99. The van der Waals surface area contributed by atoms with Crippen LogP contribution in [0.25, 0.3) is 6.08 Å². The van der Waals surface area contributed by atoms with Gasteiger partial charge in [-0.15, -0.1) is 0 Å². The summed E-state index contributed by atoms with van der Waals surface area (Å²) >= 11 is -0.224. The van der Waals surface area contributed by atoms with Gasteiger partial charge in [0.05, 0.1) is 4.92 Å². The molecule has 0 saturated heterocycles. The van der Waals surface area contributed by atoms with E-state index in [-0.39, 0.29) is 16.7 Å². The molecule has 0 saturated carbocycles. The second kappa shape index (κ2) is 5.02. The van der Waals surface area contributed by atoms with Crippen LogP contribution in [-0.4, -0.2) is 10.4 Å². The minimum Gasteiger partial charge on any atom is -0.259 e. The number of alkyl halides is 3. The highest BCUT2D eigenvalue weighted by Gasteiger charge is 2.28. The van der Waals surface area contributed by atoms with Crippen molar-refractivity contribution in [1.82, 2.24) is 0 Å². The van der Waals surface area contributed by atoms with Crippen LogP contribution in [0.2, 0.25) is 0 Å². The molecule has 0 aliphatic rings. The zero-order valence-electron chi connectivity index (χ0n) is 7.77. The van der Waals surface area contributed by atoms with Gasteiger partial charge in [0.1, 0.15) is 0 Å². The Kier molecular flexibility index (Phi) is 3.94. The van der Waals surface area contributed by atoms with Crippen LogP contribution in [0.1, 0.15) is 5.56 Å². The Hall–Kier alpha value is -1.50. The molecule has 1 aromatic rings. The van der Waals surface area contributed by atoms with E-state index >= 15 is 0 Å². The third-order valence-electron chi connectivity index (χ3n) is 1.50. The molecule has 0 aliphatic carbocycles. The molecule has 0 aromatic heterocycles.